The molecular weight excluding hydrogens is 508 g/mol. The highest BCUT2D eigenvalue weighted by Crippen LogP contribution is 2.38. The number of nitrogens with zero attached hydrogens (tertiary/aromatic N) is 1. The molecule has 3 aliphatic heterocycles. The van der Waals surface area contributed by atoms with Crippen molar-refractivity contribution in [2.75, 3.05) is 36.5 Å². The minimum absolute atomic E-state index is 0.0137. The highest BCUT2D eigenvalue weighted by Gasteiger charge is 2.31. The van der Waals surface area contributed by atoms with Crippen LogP contribution in [0, 0.1) is 0 Å². The second-order valence-corrected chi connectivity index (χ2v) is 11.0. The summed E-state index contributed by atoms with van der Waals surface area (Å²) >= 11 is 1.05. The standard InChI is InChI=1S/C27H32N4O6S/c32-19(15-37-22-7-6-21(33)25-20(22)5-8-24(34)29-25)14-28-17-9-11-31(12-10-17)18-3-1-16(2-4-18)13-23-26(35)30-27(36)38-23/h1-4,6-7,17,19,23,28,32-33H,5,8-15H2,(H,29,34)(H,30,35,36)/t19-,23?/m0/s1. The molecule has 2 saturated heterocycles. The monoisotopic (exact) mass is 540 g/mol. The normalized spacial score (nSPS) is 20.6. The van der Waals surface area contributed by atoms with Crippen LogP contribution >= 0.6 is 11.8 Å². The lowest BCUT2D eigenvalue weighted by Crippen LogP contribution is -2.45. The SMILES string of the molecule is O=C1CCc2c(OC[C@@H](O)CNC3CCN(c4ccc(CC5SC(=O)NC5=O)cc4)CC3)ccc(O)c2N1. The number of anilines is 2. The quantitative estimate of drug-likeness (QED) is 0.303. The van der Waals surface area contributed by atoms with Crippen LogP contribution in [-0.2, 0) is 22.4 Å². The smallest absolute Gasteiger partial charge is 0.286 e. The highest BCUT2D eigenvalue weighted by atomic mass is 32.2. The number of benzene rings is 2. The largest absolute Gasteiger partial charge is 0.506 e. The average Bonchev–Trinajstić information content (AvgIpc) is 3.24. The second-order valence-electron chi connectivity index (χ2n) is 9.87. The van der Waals surface area contributed by atoms with Crippen molar-refractivity contribution in [2.24, 2.45) is 0 Å². The zero-order valence-corrected chi connectivity index (χ0v) is 21.8. The summed E-state index contributed by atoms with van der Waals surface area (Å²) in [5.74, 6) is 0.226. The maximum absolute atomic E-state index is 11.8. The van der Waals surface area contributed by atoms with Gasteiger partial charge in [-0.15, -0.1) is 0 Å². The molecule has 10 nitrogen and oxygen atoms in total. The van der Waals surface area contributed by atoms with Crippen molar-refractivity contribution >= 4 is 40.2 Å². The molecule has 11 heteroatoms. The Morgan fingerprint density at radius 3 is 2.53 bits per heavy atom. The lowest BCUT2D eigenvalue weighted by molar-refractivity contribution is -0.119. The van der Waals surface area contributed by atoms with Gasteiger partial charge >= 0.3 is 0 Å². The van der Waals surface area contributed by atoms with Crippen molar-refractivity contribution in [1.29, 1.82) is 0 Å². The first-order valence-electron chi connectivity index (χ1n) is 12.9. The summed E-state index contributed by atoms with van der Waals surface area (Å²) in [6.45, 7) is 2.30. The fourth-order valence-electron chi connectivity index (χ4n) is 5.05. The number of thioether (sulfide) groups is 1. The van der Waals surface area contributed by atoms with Gasteiger partial charge in [-0.05, 0) is 55.5 Å². The number of phenolic OH excluding ortho intramolecular Hbond substituents is 1. The lowest BCUT2D eigenvalue weighted by Gasteiger charge is -2.34. The number of imide groups is 1. The molecule has 2 atom stereocenters. The molecule has 3 amide bonds. The Morgan fingerprint density at radius 1 is 1.05 bits per heavy atom. The van der Waals surface area contributed by atoms with Crippen LogP contribution in [0.1, 0.15) is 30.4 Å². The lowest BCUT2D eigenvalue weighted by atomic mass is 10.0. The molecule has 0 radical (unpaired) electrons. The molecule has 0 spiro atoms. The Bertz CT molecular complexity index is 1200. The Labute approximate surface area is 225 Å². The fourth-order valence-corrected chi connectivity index (χ4v) is 5.91. The molecule has 2 fully saturated rings. The fraction of sp³-hybridized carbons (Fsp3) is 0.444. The number of hydrogen-bond donors (Lipinski definition) is 5. The second kappa shape index (κ2) is 11.6. The third-order valence-corrected chi connectivity index (χ3v) is 8.15. The van der Waals surface area contributed by atoms with Crippen LogP contribution in [0.3, 0.4) is 0 Å². The van der Waals surface area contributed by atoms with Gasteiger partial charge in [0.05, 0.1) is 10.9 Å². The van der Waals surface area contributed by atoms with E-state index in [0.29, 0.717) is 43.3 Å². The number of piperidine rings is 1. The van der Waals surface area contributed by atoms with Gasteiger partial charge in [0.25, 0.3) is 5.24 Å². The van der Waals surface area contributed by atoms with Crippen LogP contribution in [0.5, 0.6) is 11.5 Å². The predicted octanol–water partition coefficient (Wildman–Crippen LogP) is 2.17. The first kappa shape index (κ1) is 26.3. The molecule has 2 aromatic carbocycles. The van der Waals surface area contributed by atoms with Crippen molar-refractivity contribution in [1.82, 2.24) is 10.6 Å². The first-order chi connectivity index (χ1) is 18.4. The van der Waals surface area contributed by atoms with Crippen molar-refractivity contribution in [3.8, 4) is 11.5 Å². The van der Waals surface area contributed by atoms with Gasteiger partial charge in [-0.3, -0.25) is 19.7 Å². The number of aliphatic hydroxyl groups excluding tert-OH is 1. The van der Waals surface area contributed by atoms with Crippen molar-refractivity contribution in [3.05, 3.63) is 47.5 Å². The zero-order valence-electron chi connectivity index (χ0n) is 20.9. The molecule has 1 unspecified atom stereocenters. The van der Waals surface area contributed by atoms with E-state index in [1.165, 1.54) is 6.07 Å². The molecule has 0 aliphatic carbocycles. The molecule has 2 aromatic rings. The number of carbonyl (C=O) groups excluding carboxylic acids is 3. The maximum atomic E-state index is 11.8. The van der Waals surface area contributed by atoms with E-state index in [2.05, 4.69) is 33.0 Å². The number of amides is 3. The number of rotatable bonds is 9. The Hall–Kier alpha value is -3.28. The summed E-state index contributed by atoms with van der Waals surface area (Å²) in [6, 6.07) is 11.6. The van der Waals surface area contributed by atoms with E-state index in [4.69, 9.17) is 4.74 Å². The van der Waals surface area contributed by atoms with Crippen LogP contribution < -0.4 is 25.6 Å². The average molecular weight is 541 g/mol. The summed E-state index contributed by atoms with van der Waals surface area (Å²) in [5, 5.41) is 28.3. The molecule has 3 aliphatic rings. The van der Waals surface area contributed by atoms with Crippen molar-refractivity contribution in [3.63, 3.8) is 0 Å². The number of nitrogens with one attached hydrogen (secondary N) is 3. The predicted molar refractivity (Wildman–Crippen MR) is 145 cm³/mol. The molecule has 5 N–H and O–H groups in total. The molecule has 0 aromatic heterocycles. The van der Waals surface area contributed by atoms with Gasteiger partial charge in [0.1, 0.15) is 24.2 Å². The van der Waals surface area contributed by atoms with Crippen LogP contribution in [0.15, 0.2) is 36.4 Å². The van der Waals surface area contributed by atoms with E-state index in [-0.39, 0.29) is 34.7 Å². The summed E-state index contributed by atoms with van der Waals surface area (Å²) < 4.78 is 5.83. The van der Waals surface area contributed by atoms with E-state index in [1.807, 2.05) is 12.1 Å². The van der Waals surface area contributed by atoms with Crippen LogP contribution in [0.2, 0.25) is 0 Å². The molecule has 0 bridgehead atoms. The summed E-state index contributed by atoms with van der Waals surface area (Å²) in [4.78, 5) is 37.1. The Kier molecular flexibility index (Phi) is 8.06. The number of hydrogen-bond acceptors (Lipinski definition) is 9. The van der Waals surface area contributed by atoms with E-state index in [1.54, 1.807) is 6.07 Å². The van der Waals surface area contributed by atoms with E-state index < -0.39 is 6.10 Å². The van der Waals surface area contributed by atoms with Gasteiger partial charge in [0, 0.05) is 43.3 Å². The molecule has 38 heavy (non-hydrogen) atoms. The van der Waals surface area contributed by atoms with Gasteiger partial charge in [0.15, 0.2) is 0 Å². The summed E-state index contributed by atoms with van der Waals surface area (Å²) in [5.41, 5.74) is 3.31. The summed E-state index contributed by atoms with van der Waals surface area (Å²) in [6.07, 6.45) is 2.55. The molecular formula is C27H32N4O6S. The van der Waals surface area contributed by atoms with Crippen LogP contribution in [0.4, 0.5) is 16.2 Å². The van der Waals surface area contributed by atoms with Gasteiger partial charge in [-0.1, -0.05) is 23.9 Å². The third kappa shape index (κ3) is 6.23. The van der Waals surface area contributed by atoms with Gasteiger partial charge in [-0.2, -0.15) is 0 Å². The highest BCUT2D eigenvalue weighted by molar-refractivity contribution is 8.15. The molecule has 3 heterocycles. The number of carbonyl (C=O) groups is 3. The summed E-state index contributed by atoms with van der Waals surface area (Å²) in [7, 11) is 0. The van der Waals surface area contributed by atoms with Gasteiger partial charge < -0.3 is 30.5 Å². The van der Waals surface area contributed by atoms with Crippen molar-refractivity contribution in [2.45, 2.75) is 49.5 Å². The zero-order chi connectivity index (χ0) is 26.6. The third-order valence-electron chi connectivity index (χ3n) is 7.17. The number of fused-ring (bicyclic) bond motifs is 1. The van der Waals surface area contributed by atoms with E-state index >= 15 is 0 Å². The van der Waals surface area contributed by atoms with Crippen molar-refractivity contribution < 1.29 is 29.3 Å². The van der Waals surface area contributed by atoms with Crippen LogP contribution in [0.25, 0.3) is 0 Å². The molecule has 5 rings (SSSR count). The molecule has 202 valence electrons. The van der Waals surface area contributed by atoms with Crippen LogP contribution in [-0.4, -0.2) is 70.9 Å². The topological polar surface area (TPSA) is 140 Å². The van der Waals surface area contributed by atoms with E-state index in [9.17, 15) is 24.6 Å². The Morgan fingerprint density at radius 2 is 1.82 bits per heavy atom. The number of aromatic hydroxyl groups is 1. The molecule has 0 saturated carbocycles. The number of ether oxygens (including phenoxy) is 1. The minimum Gasteiger partial charge on any atom is -0.506 e. The minimum atomic E-state index is -0.696. The van der Waals surface area contributed by atoms with Gasteiger partial charge in [0.2, 0.25) is 11.8 Å². The Balaban J connectivity index is 1.04. The first-order valence-corrected chi connectivity index (χ1v) is 13.8. The van der Waals surface area contributed by atoms with Gasteiger partial charge in [-0.25, -0.2) is 0 Å². The van der Waals surface area contributed by atoms with E-state index in [0.717, 1.165) is 54.5 Å². The number of aliphatic hydroxyl groups is 1. The maximum Gasteiger partial charge on any atom is 0.286 e. The number of phenols is 1.